The van der Waals surface area contributed by atoms with Gasteiger partial charge in [0.05, 0.1) is 12.7 Å². The molecule has 1 saturated heterocycles. The van der Waals surface area contributed by atoms with Crippen molar-refractivity contribution in [2.24, 2.45) is 11.8 Å². The van der Waals surface area contributed by atoms with Crippen LogP contribution in [0.4, 0.5) is 0 Å². The summed E-state index contributed by atoms with van der Waals surface area (Å²) in [5.74, 6) is 1.89. The highest BCUT2D eigenvalue weighted by atomic mass is 16.5. The van der Waals surface area contributed by atoms with Gasteiger partial charge in [0.25, 0.3) is 0 Å². The van der Waals surface area contributed by atoms with E-state index in [1.54, 1.807) is 0 Å². The maximum atomic E-state index is 5.77. The molecule has 0 aromatic carbocycles. The molecule has 138 valence electrons. The molecule has 3 nitrogen and oxygen atoms in total. The SMILES string of the molecule is CC(C)C1CCN(C)CC1.CC(C)NCCOC1CCCCC1. The molecule has 0 spiro atoms. The van der Waals surface area contributed by atoms with Crippen LogP contribution in [-0.2, 0) is 4.74 Å². The summed E-state index contributed by atoms with van der Waals surface area (Å²) in [5.41, 5.74) is 0. The molecular formula is C20H42N2O. The van der Waals surface area contributed by atoms with Crippen LogP contribution in [0.3, 0.4) is 0 Å². The van der Waals surface area contributed by atoms with Crippen LogP contribution >= 0.6 is 0 Å². The summed E-state index contributed by atoms with van der Waals surface area (Å²) in [4.78, 5) is 2.43. The number of nitrogens with zero attached hydrogens (tertiary/aromatic N) is 1. The van der Waals surface area contributed by atoms with E-state index < -0.39 is 0 Å². The number of ether oxygens (including phenoxy) is 1. The zero-order valence-electron chi connectivity index (χ0n) is 16.4. The van der Waals surface area contributed by atoms with Gasteiger partial charge >= 0.3 is 0 Å². The maximum Gasteiger partial charge on any atom is 0.0594 e. The second-order valence-corrected chi connectivity index (χ2v) is 8.12. The Hall–Kier alpha value is -0.120. The van der Waals surface area contributed by atoms with Crippen LogP contribution in [0.15, 0.2) is 0 Å². The molecule has 2 aliphatic rings. The number of hydrogen-bond acceptors (Lipinski definition) is 3. The first-order chi connectivity index (χ1) is 11.0. The van der Waals surface area contributed by atoms with Gasteiger partial charge in [0.1, 0.15) is 0 Å². The van der Waals surface area contributed by atoms with Crippen LogP contribution in [0.25, 0.3) is 0 Å². The molecule has 0 radical (unpaired) electrons. The summed E-state index contributed by atoms with van der Waals surface area (Å²) in [5, 5.41) is 3.36. The van der Waals surface area contributed by atoms with Gasteiger partial charge in [-0.25, -0.2) is 0 Å². The Morgan fingerprint density at radius 2 is 1.57 bits per heavy atom. The number of nitrogens with one attached hydrogen (secondary N) is 1. The molecule has 0 bridgehead atoms. The molecule has 1 saturated carbocycles. The van der Waals surface area contributed by atoms with E-state index in [-0.39, 0.29) is 0 Å². The Kier molecular flexibility index (Phi) is 11.2. The zero-order chi connectivity index (χ0) is 17.1. The lowest BCUT2D eigenvalue weighted by molar-refractivity contribution is 0.0297. The molecule has 0 aromatic heterocycles. The Labute approximate surface area is 145 Å². The lowest BCUT2D eigenvalue weighted by Gasteiger charge is -2.31. The Bertz CT molecular complexity index is 267. The van der Waals surface area contributed by atoms with Crippen LogP contribution in [0, 0.1) is 11.8 Å². The molecule has 2 fully saturated rings. The molecule has 1 aliphatic carbocycles. The van der Waals surface area contributed by atoms with Crippen molar-refractivity contribution in [3.8, 4) is 0 Å². The minimum absolute atomic E-state index is 0.558. The average molecular weight is 327 g/mol. The molecule has 3 heteroatoms. The molecule has 2 rings (SSSR count). The van der Waals surface area contributed by atoms with E-state index in [1.807, 2.05) is 0 Å². The third-order valence-electron chi connectivity index (χ3n) is 5.27. The highest BCUT2D eigenvalue weighted by Crippen LogP contribution is 2.23. The number of likely N-dealkylation sites (tertiary alicyclic amines) is 1. The zero-order valence-corrected chi connectivity index (χ0v) is 16.4. The van der Waals surface area contributed by atoms with Gasteiger partial charge in [-0.15, -0.1) is 0 Å². The van der Waals surface area contributed by atoms with Gasteiger partial charge in [0.15, 0.2) is 0 Å². The molecule has 1 aliphatic heterocycles. The van der Waals surface area contributed by atoms with Crippen molar-refractivity contribution in [1.29, 1.82) is 0 Å². The van der Waals surface area contributed by atoms with Crippen LogP contribution in [-0.4, -0.2) is 50.3 Å². The predicted octanol–water partition coefficient (Wildman–Crippen LogP) is 4.32. The van der Waals surface area contributed by atoms with Crippen molar-refractivity contribution in [2.75, 3.05) is 33.3 Å². The van der Waals surface area contributed by atoms with E-state index in [4.69, 9.17) is 4.74 Å². The molecule has 23 heavy (non-hydrogen) atoms. The predicted molar refractivity (Wildman–Crippen MR) is 101 cm³/mol. The molecule has 0 atom stereocenters. The summed E-state index contributed by atoms with van der Waals surface area (Å²) in [7, 11) is 2.22. The molecule has 0 aromatic rings. The first-order valence-electron chi connectivity index (χ1n) is 10.0. The van der Waals surface area contributed by atoms with Crippen LogP contribution in [0.5, 0.6) is 0 Å². The van der Waals surface area contributed by atoms with Gasteiger partial charge in [-0.1, -0.05) is 47.0 Å². The third kappa shape index (κ3) is 10.4. The average Bonchev–Trinajstić information content (AvgIpc) is 2.53. The molecular weight excluding hydrogens is 284 g/mol. The van der Waals surface area contributed by atoms with E-state index in [0.717, 1.165) is 25.0 Å². The second-order valence-electron chi connectivity index (χ2n) is 8.12. The lowest BCUT2D eigenvalue weighted by atomic mass is 9.87. The fourth-order valence-corrected chi connectivity index (χ4v) is 3.50. The summed E-state index contributed by atoms with van der Waals surface area (Å²) in [6, 6.07) is 0.579. The monoisotopic (exact) mass is 326 g/mol. The molecule has 1 heterocycles. The van der Waals surface area contributed by atoms with Crippen molar-refractivity contribution < 1.29 is 4.74 Å². The van der Waals surface area contributed by atoms with Crippen LogP contribution in [0.2, 0.25) is 0 Å². The number of hydrogen-bond donors (Lipinski definition) is 1. The Balaban J connectivity index is 0.000000238. The first-order valence-corrected chi connectivity index (χ1v) is 10.0. The fraction of sp³-hybridized carbons (Fsp3) is 1.00. The van der Waals surface area contributed by atoms with Gasteiger partial charge < -0.3 is 15.0 Å². The molecule has 0 amide bonds. The van der Waals surface area contributed by atoms with Crippen molar-refractivity contribution in [1.82, 2.24) is 10.2 Å². The van der Waals surface area contributed by atoms with Crippen molar-refractivity contribution in [3.63, 3.8) is 0 Å². The second kappa shape index (κ2) is 12.3. The minimum Gasteiger partial charge on any atom is -0.377 e. The van der Waals surface area contributed by atoms with E-state index in [1.165, 1.54) is 58.0 Å². The van der Waals surface area contributed by atoms with Gasteiger partial charge in [0.2, 0.25) is 0 Å². The summed E-state index contributed by atoms with van der Waals surface area (Å²) < 4.78 is 5.77. The largest absolute Gasteiger partial charge is 0.377 e. The summed E-state index contributed by atoms with van der Waals surface area (Å²) in [6.07, 6.45) is 10.1. The van der Waals surface area contributed by atoms with Gasteiger partial charge in [-0.3, -0.25) is 0 Å². The normalized spacial score (nSPS) is 21.5. The van der Waals surface area contributed by atoms with Crippen molar-refractivity contribution >= 4 is 0 Å². The minimum atomic E-state index is 0.558. The standard InChI is InChI=1S/C11H23NO.C9H19N/c1-10(2)12-8-9-13-11-6-4-3-5-7-11;1-8(2)9-4-6-10(3)7-5-9/h10-12H,3-9H2,1-2H3;8-9H,4-7H2,1-3H3. The number of rotatable bonds is 6. The Morgan fingerprint density at radius 1 is 0.957 bits per heavy atom. The highest BCUT2D eigenvalue weighted by molar-refractivity contribution is 4.71. The third-order valence-corrected chi connectivity index (χ3v) is 5.27. The van der Waals surface area contributed by atoms with Crippen molar-refractivity contribution in [2.45, 2.75) is 84.8 Å². The highest BCUT2D eigenvalue weighted by Gasteiger charge is 2.18. The maximum absolute atomic E-state index is 5.77. The lowest BCUT2D eigenvalue weighted by Crippen LogP contribution is -2.32. The molecule has 0 unspecified atom stereocenters. The fourth-order valence-electron chi connectivity index (χ4n) is 3.50. The Morgan fingerprint density at radius 3 is 2.09 bits per heavy atom. The van der Waals surface area contributed by atoms with Gasteiger partial charge in [0, 0.05) is 12.6 Å². The van der Waals surface area contributed by atoms with Gasteiger partial charge in [-0.05, 0) is 57.7 Å². The topological polar surface area (TPSA) is 24.5 Å². The van der Waals surface area contributed by atoms with E-state index in [2.05, 4.69) is 45.0 Å². The van der Waals surface area contributed by atoms with Crippen LogP contribution < -0.4 is 5.32 Å². The van der Waals surface area contributed by atoms with Crippen LogP contribution in [0.1, 0.15) is 72.6 Å². The van der Waals surface area contributed by atoms with E-state index in [9.17, 15) is 0 Å². The first kappa shape index (κ1) is 20.9. The molecule has 1 N–H and O–H groups in total. The number of piperidine rings is 1. The van der Waals surface area contributed by atoms with E-state index in [0.29, 0.717) is 12.1 Å². The summed E-state index contributed by atoms with van der Waals surface area (Å²) >= 11 is 0. The quantitative estimate of drug-likeness (QED) is 0.736. The van der Waals surface area contributed by atoms with Gasteiger partial charge in [-0.2, -0.15) is 0 Å². The van der Waals surface area contributed by atoms with Crippen molar-refractivity contribution in [3.05, 3.63) is 0 Å². The summed E-state index contributed by atoms with van der Waals surface area (Å²) in [6.45, 7) is 13.5. The van der Waals surface area contributed by atoms with E-state index >= 15 is 0 Å². The smallest absolute Gasteiger partial charge is 0.0594 e.